The fraction of sp³-hybridized carbons (Fsp3) is 0.444. The average Bonchev–Trinajstić information content (AvgIpc) is 3.63. The largest absolute Gasteiger partial charge is 0.493 e. The molecule has 4 unspecified atom stereocenters. The van der Waals surface area contributed by atoms with Crippen LogP contribution in [-0.2, 0) is 10.2 Å². The maximum atomic E-state index is 15.0. The molecule has 2 aliphatic rings. The van der Waals surface area contributed by atoms with E-state index in [1.54, 1.807) is 32.4 Å². The van der Waals surface area contributed by atoms with Crippen molar-refractivity contribution in [1.82, 2.24) is 10.2 Å². The first-order valence-electron chi connectivity index (χ1n) is 15.9. The maximum Gasteiger partial charge on any atom is 0.254 e. The summed E-state index contributed by atoms with van der Waals surface area (Å²) in [6.07, 6.45) is 2.49. The van der Waals surface area contributed by atoms with Crippen molar-refractivity contribution in [3.8, 4) is 17.2 Å². The van der Waals surface area contributed by atoms with Gasteiger partial charge in [0.2, 0.25) is 11.7 Å². The van der Waals surface area contributed by atoms with Crippen LogP contribution in [0.1, 0.15) is 66.9 Å². The third-order valence-corrected chi connectivity index (χ3v) is 10.7. The Morgan fingerprint density at radius 1 is 1.00 bits per heavy atom. The summed E-state index contributed by atoms with van der Waals surface area (Å²) in [5, 5.41) is 4.31. The molecule has 4 atom stereocenters. The summed E-state index contributed by atoms with van der Waals surface area (Å²) >= 11 is 13.1. The second-order valence-corrected chi connectivity index (χ2v) is 12.9. The van der Waals surface area contributed by atoms with Gasteiger partial charge >= 0.3 is 0 Å². The van der Waals surface area contributed by atoms with E-state index in [0.717, 1.165) is 30.5 Å². The van der Waals surface area contributed by atoms with Crippen molar-refractivity contribution in [1.29, 1.82) is 0 Å². The molecule has 3 N–H and O–H groups in total. The Morgan fingerprint density at radius 3 is 2.24 bits per heavy atom. The van der Waals surface area contributed by atoms with E-state index in [4.69, 9.17) is 43.1 Å². The van der Waals surface area contributed by atoms with Crippen LogP contribution in [0.4, 0.5) is 0 Å². The zero-order valence-corrected chi connectivity index (χ0v) is 28.4. The number of benzene rings is 3. The number of carbonyl (C=O) groups excluding carboxylic acids is 2. The van der Waals surface area contributed by atoms with E-state index >= 15 is 0 Å². The average molecular weight is 669 g/mol. The summed E-state index contributed by atoms with van der Waals surface area (Å²) in [4.78, 5) is 31.0. The minimum Gasteiger partial charge on any atom is -0.493 e. The van der Waals surface area contributed by atoms with Gasteiger partial charge in [0, 0.05) is 24.6 Å². The lowest BCUT2D eigenvalue weighted by atomic mass is 9.51. The summed E-state index contributed by atoms with van der Waals surface area (Å²) in [6, 6.07) is 18.6. The van der Waals surface area contributed by atoms with E-state index in [1.807, 2.05) is 54.3 Å². The highest BCUT2D eigenvalue weighted by Gasteiger charge is 2.64. The van der Waals surface area contributed by atoms with Crippen molar-refractivity contribution in [2.24, 2.45) is 11.7 Å². The van der Waals surface area contributed by atoms with Crippen molar-refractivity contribution in [2.45, 2.75) is 56.4 Å². The van der Waals surface area contributed by atoms with E-state index in [1.165, 1.54) is 0 Å². The smallest absolute Gasteiger partial charge is 0.254 e. The number of hydrogen-bond acceptors (Lipinski definition) is 6. The van der Waals surface area contributed by atoms with Crippen LogP contribution in [-0.4, -0.2) is 62.7 Å². The molecule has 0 saturated carbocycles. The number of rotatable bonds is 11. The van der Waals surface area contributed by atoms with Crippen LogP contribution < -0.4 is 25.3 Å². The Hall–Kier alpha value is -3.46. The van der Waals surface area contributed by atoms with Gasteiger partial charge in [-0.25, -0.2) is 0 Å². The quantitative estimate of drug-likeness (QED) is 0.239. The molecule has 0 spiro atoms. The fourth-order valence-electron chi connectivity index (χ4n) is 7.96. The molecular formula is C36H43Cl2N3O5. The van der Waals surface area contributed by atoms with Crippen LogP contribution >= 0.6 is 23.2 Å². The third-order valence-electron chi connectivity index (χ3n) is 9.97. The topological polar surface area (TPSA) is 103 Å². The normalized spacial score (nSPS) is 24.4. The first kappa shape index (κ1) is 33.9. The molecule has 46 heavy (non-hydrogen) atoms. The predicted octanol–water partition coefficient (Wildman–Crippen LogP) is 6.61. The highest BCUT2D eigenvalue weighted by Crippen LogP contribution is 2.59. The first-order valence-corrected chi connectivity index (χ1v) is 16.7. The lowest BCUT2D eigenvalue weighted by molar-refractivity contribution is -0.131. The molecule has 0 bridgehead atoms. The predicted molar refractivity (Wildman–Crippen MR) is 182 cm³/mol. The van der Waals surface area contributed by atoms with Gasteiger partial charge < -0.3 is 30.2 Å². The Morgan fingerprint density at radius 2 is 1.70 bits per heavy atom. The molecule has 8 nitrogen and oxygen atoms in total. The van der Waals surface area contributed by atoms with Crippen molar-refractivity contribution >= 4 is 35.0 Å². The molecule has 10 heteroatoms. The molecule has 2 saturated heterocycles. The Balaban J connectivity index is 1.78. The van der Waals surface area contributed by atoms with Crippen LogP contribution in [0.2, 0.25) is 10.0 Å². The Kier molecular flexibility index (Phi) is 10.4. The minimum atomic E-state index is -1.14. The van der Waals surface area contributed by atoms with Gasteiger partial charge in [-0.1, -0.05) is 73.4 Å². The molecule has 0 radical (unpaired) electrons. The van der Waals surface area contributed by atoms with E-state index in [9.17, 15) is 9.59 Å². The molecule has 3 aromatic carbocycles. The molecule has 2 amide bonds. The SMILES string of the molecule is CCCOc1c(OC)cc(C(=O)N2CCC(C(N)=O)(c3ccccc3)C(c3ccc(Cl)c(Cl)c3)C2(CC)C2CCNC2)cc1OC. The summed E-state index contributed by atoms with van der Waals surface area (Å²) in [5.74, 6) is 0.103. The monoisotopic (exact) mass is 667 g/mol. The maximum absolute atomic E-state index is 15.0. The molecule has 2 fully saturated rings. The molecule has 2 heterocycles. The van der Waals surface area contributed by atoms with Gasteiger partial charge in [0.15, 0.2) is 11.5 Å². The summed E-state index contributed by atoms with van der Waals surface area (Å²) < 4.78 is 17.4. The summed E-state index contributed by atoms with van der Waals surface area (Å²) in [6.45, 7) is 6.35. The molecule has 5 rings (SSSR count). The Labute approximate surface area is 281 Å². The number of hydrogen-bond donors (Lipinski definition) is 2. The van der Waals surface area contributed by atoms with Crippen molar-refractivity contribution in [2.75, 3.05) is 40.5 Å². The number of nitrogens with zero attached hydrogens (tertiary/aromatic N) is 1. The van der Waals surface area contributed by atoms with Gasteiger partial charge in [0.1, 0.15) is 0 Å². The second kappa shape index (κ2) is 14.1. The molecule has 246 valence electrons. The molecule has 0 aliphatic carbocycles. The van der Waals surface area contributed by atoms with Gasteiger partial charge in [0.05, 0.1) is 41.8 Å². The van der Waals surface area contributed by atoms with Gasteiger partial charge in [-0.3, -0.25) is 9.59 Å². The molecule has 0 aromatic heterocycles. The zero-order valence-electron chi connectivity index (χ0n) is 26.9. The molecule has 2 aliphatic heterocycles. The number of nitrogens with one attached hydrogen (secondary N) is 1. The molecule has 3 aromatic rings. The Bertz CT molecular complexity index is 1540. The number of amides is 2. The van der Waals surface area contributed by atoms with Gasteiger partial charge in [-0.2, -0.15) is 0 Å². The van der Waals surface area contributed by atoms with Crippen molar-refractivity contribution in [3.63, 3.8) is 0 Å². The highest BCUT2D eigenvalue weighted by molar-refractivity contribution is 6.42. The number of halogens is 2. The summed E-state index contributed by atoms with van der Waals surface area (Å²) in [5.41, 5.74) is 6.54. The standard InChI is InChI=1S/C36H43Cl2N3O5/c1-5-18-46-31-29(44-3)20-24(21-30(31)45-4)33(42)41-17-15-35(34(39)43,25-10-8-7-9-11-25)32(23-12-13-27(37)28(38)19-23)36(41,6-2)26-14-16-40-22-26/h7-13,19-21,26,32,40H,5-6,14-18,22H2,1-4H3,(H2,39,43). The van der Waals surface area contributed by atoms with Crippen LogP contribution in [0, 0.1) is 5.92 Å². The van der Waals surface area contributed by atoms with E-state index in [0.29, 0.717) is 65.4 Å². The first-order chi connectivity index (χ1) is 22.2. The number of piperidine rings is 1. The minimum absolute atomic E-state index is 0.000377. The number of ether oxygens (including phenoxy) is 3. The number of primary amides is 1. The number of carbonyl (C=O) groups is 2. The second-order valence-electron chi connectivity index (χ2n) is 12.1. The highest BCUT2D eigenvalue weighted by atomic mass is 35.5. The van der Waals surface area contributed by atoms with E-state index in [2.05, 4.69) is 12.2 Å². The van der Waals surface area contributed by atoms with Gasteiger partial charge in [-0.05, 0) is 73.5 Å². The molecular weight excluding hydrogens is 625 g/mol. The number of likely N-dealkylation sites (tertiary alicyclic amines) is 1. The van der Waals surface area contributed by atoms with Gasteiger partial charge in [-0.15, -0.1) is 0 Å². The lowest BCUT2D eigenvalue weighted by Gasteiger charge is -2.61. The fourth-order valence-corrected chi connectivity index (χ4v) is 8.27. The van der Waals surface area contributed by atoms with E-state index < -0.39 is 22.8 Å². The van der Waals surface area contributed by atoms with Crippen LogP contribution in [0.25, 0.3) is 0 Å². The lowest BCUT2D eigenvalue weighted by Crippen LogP contribution is -2.70. The van der Waals surface area contributed by atoms with Crippen LogP contribution in [0.3, 0.4) is 0 Å². The van der Waals surface area contributed by atoms with Crippen molar-refractivity contribution in [3.05, 3.63) is 87.4 Å². The van der Waals surface area contributed by atoms with Crippen LogP contribution in [0.5, 0.6) is 17.2 Å². The van der Waals surface area contributed by atoms with Crippen LogP contribution in [0.15, 0.2) is 60.7 Å². The van der Waals surface area contributed by atoms with Crippen molar-refractivity contribution < 1.29 is 23.8 Å². The third kappa shape index (κ3) is 5.69. The van der Waals surface area contributed by atoms with Gasteiger partial charge in [0.25, 0.3) is 5.91 Å². The number of nitrogens with two attached hydrogens (primary N) is 1. The van der Waals surface area contributed by atoms with E-state index in [-0.39, 0.29) is 11.8 Å². The summed E-state index contributed by atoms with van der Waals surface area (Å²) in [7, 11) is 3.09. The number of methoxy groups -OCH3 is 2. The zero-order chi connectivity index (χ0) is 33.1.